The van der Waals surface area contributed by atoms with Gasteiger partial charge in [-0.25, -0.2) is 4.84 Å². The van der Waals surface area contributed by atoms with E-state index < -0.39 is 0 Å². The molecule has 0 atom stereocenters. The van der Waals surface area contributed by atoms with Gasteiger partial charge in [0.1, 0.15) is 0 Å². The van der Waals surface area contributed by atoms with Crippen LogP contribution >= 0.6 is 0 Å². The molecule has 15 heavy (non-hydrogen) atoms. The van der Waals surface area contributed by atoms with Crippen LogP contribution in [0.3, 0.4) is 0 Å². The Balaban J connectivity index is 2.46. The van der Waals surface area contributed by atoms with Gasteiger partial charge in [0, 0.05) is 25.6 Å². The first kappa shape index (κ1) is 11.7. The first-order chi connectivity index (χ1) is 7.22. The summed E-state index contributed by atoms with van der Waals surface area (Å²) in [4.78, 5) is 15.6. The van der Waals surface area contributed by atoms with E-state index in [2.05, 4.69) is 5.32 Å². The second kappa shape index (κ2) is 6.16. The van der Waals surface area contributed by atoms with Gasteiger partial charge in [-0.3, -0.25) is 4.79 Å². The molecule has 0 fully saturated rings. The Hall–Kier alpha value is -1.39. The van der Waals surface area contributed by atoms with Crippen molar-refractivity contribution < 1.29 is 15.1 Å². The van der Waals surface area contributed by atoms with Crippen molar-refractivity contribution in [3.05, 3.63) is 29.8 Å². The van der Waals surface area contributed by atoms with E-state index in [9.17, 15) is 4.79 Å². The topological polar surface area (TPSA) is 54.9 Å². The maximum absolute atomic E-state index is 10.7. The van der Waals surface area contributed by atoms with Crippen LogP contribution in [0.5, 0.6) is 0 Å². The van der Waals surface area contributed by atoms with Crippen LogP contribution in [0.2, 0.25) is 0 Å². The minimum absolute atomic E-state index is 0.00890. The smallest absolute Gasteiger partial charge is 0.216 e. The molecule has 0 saturated heterocycles. The zero-order valence-electron chi connectivity index (χ0n) is 9.12. The lowest BCUT2D eigenvalue weighted by atomic mass is 10.1. The highest BCUT2D eigenvalue weighted by Gasteiger charge is 1.99. The number of rotatable bonds is 5. The minimum atomic E-state index is 0.00890. The molecule has 1 aromatic carbocycles. The maximum atomic E-state index is 10.7. The quantitative estimate of drug-likeness (QED) is 0.534. The number of hydrogen-bond donors (Lipinski definition) is 2. The highest BCUT2D eigenvalue weighted by Crippen LogP contribution is 2.05. The highest BCUT2D eigenvalue weighted by atomic mass is 16.6. The summed E-state index contributed by atoms with van der Waals surface area (Å²) < 4.78 is 0. The number of carbonyl (C=O) groups excluding carboxylic acids is 1. The summed E-state index contributed by atoms with van der Waals surface area (Å²) in [6.45, 7) is 2.20. The van der Waals surface area contributed by atoms with Crippen molar-refractivity contribution in [2.24, 2.45) is 0 Å². The monoisotopic (exact) mass is 209 g/mol. The molecule has 0 spiro atoms. The third-order valence-corrected chi connectivity index (χ3v) is 1.99. The Kier molecular flexibility index (Phi) is 4.80. The molecule has 0 unspecified atom stereocenters. The summed E-state index contributed by atoms with van der Waals surface area (Å²) in [6, 6.07) is 8.04. The summed E-state index contributed by atoms with van der Waals surface area (Å²) in [5.74, 6) is 0.00890. The third kappa shape index (κ3) is 4.58. The van der Waals surface area contributed by atoms with E-state index >= 15 is 0 Å². The van der Waals surface area contributed by atoms with Gasteiger partial charge < -0.3 is 5.32 Å². The van der Waals surface area contributed by atoms with Crippen LogP contribution in [-0.2, 0) is 16.1 Å². The molecule has 0 aliphatic carbocycles. The molecule has 0 bridgehead atoms. The number of amides is 1. The Morgan fingerprint density at radius 1 is 1.53 bits per heavy atom. The second-order valence-electron chi connectivity index (χ2n) is 3.33. The minimum Gasteiger partial charge on any atom is -0.356 e. The van der Waals surface area contributed by atoms with Crippen LogP contribution in [0, 0.1) is 0 Å². The van der Waals surface area contributed by atoms with Crippen LogP contribution in [0.25, 0.3) is 0 Å². The van der Waals surface area contributed by atoms with E-state index in [1.807, 2.05) is 24.3 Å². The largest absolute Gasteiger partial charge is 0.356 e. The zero-order valence-corrected chi connectivity index (χ0v) is 9.12. The predicted molar refractivity (Wildman–Crippen MR) is 57.4 cm³/mol. The normalized spacial score (nSPS) is 10.0. The van der Waals surface area contributed by atoms with E-state index in [1.165, 1.54) is 12.5 Å². The summed E-state index contributed by atoms with van der Waals surface area (Å²) in [6.07, 6.45) is 0.838. The summed E-state index contributed by atoms with van der Waals surface area (Å²) in [7, 11) is 1.63. The van der Waals surface area contributed by atoms with Gasteiger partial charge in [-0.2, -0.15) is 5.48 Å². The molecular formula is C11H17N2O2+. The number of hydrogen-bond acceptors (Lipinski definition) is 2. The lowest BCUT2D eigenvalue weighted by molar-refractivity contribution is -0.830. The summed E-state index contributed by atoms with van der Waals surface area (Å²) in [5, 5.41) is 2.77. The van der Waals surface area contributed by atoms with Crippen LogP contribution in [0.1, 0.15) is 12.5 Å². The number of nitrogens with two attached hydrogens (primary N) is 1. The van der Waals surface area contributed by atoms with Crippen LogP contribution in [0.15, 0.2) is 24.3 Å². The van der Waals surface area contributed by atoms with Gasteiger partial charge in [0.25, 0.3) is 0 Å². The van der Waals surface area contributed by atoms with Crippen LogP contribution in [-0.4, -0.2) is 19.6 Å². The number of nitrogens with one attached hydrogen (secondary N) is 1. The van der Waals surface area contributed by atoms with Crippen molar-refractivity contribution in [1.29, 1.82) is 0 Å². The van der Waals surface area contributed by atoms with Crippen LogP contribution < -0.4 is 10.8 Å². The van der Waals surface area contributed by atoms with E-state index in [-0.39, 0.29) is 5.91 Å². The Morgan fingerprint density at radius 2 is 2.33 bits per heavy atom. The van der Waals surface area contributed by atoms with Gasteiger partial charge in [0.2, 0.25) is 5.91 Å². The molecular weight excluding hydrogens is 192 g/mol. The molecule has 4 nitrogen and oxygen atoms in total. The van der Waals surface area contributed by atoms with Gasteiger partial charge in [0.15, 0.2) is 5.69 Å². The molecule has 4 heteroatoms. The van der Waals surface area contributed by atoms with Gasteiger partial charge in [-0.15, -0.1) is 0 Å². The van der Waals surface area contributed by atoms with Crippen molar-refractivity contribution in [2.45, 2.75) is 13.3 Å². The molecule has 0 aliphatic rings. The predicted octanol–water partition coefficient (Wildman–Crippen LogP) is 0.121. The molecule has 0 saturated carbocycles. The van der Waals surface area contributed by atoms with Crippen molar-refractivity contribution in [1.82, 2.24) is 5.32 Å². The van der Waals surface area contributed by atoms with E-state index in [1.54, 1.807) is 12.6 Å². The average molecular weight is 209 g/mol. The van der Waals surface area contributed by atoms with Crippen molar-refractivity contribution >= 4 is 11.6 Å². The standard InChI is InChI=1S/C11H16N2O2/c1-9(14)12-7-6-10-4-3-5-11(8-10)13-15-2/h3-5,8,13H,6-7H2,1-2H3,(H,12,14)/p+1. The summed E-state index contributed by atoms with van der Waals surface area (Å²) in [5.41, 5.74) is 3.93. The SMILES string of the molecule is CO[NH2+]c1cccc(CCNC(C)=O)c1. The van der Waals surface area contributed by atoms with E-state index in [0.717, 1.165) is 12.1 Å². The lowest BCUT2D eigenvalue weighted by Crippen LogP contribution is -2.75. The van der Waals surface area contributed by atoms with E-state index in [4.69, 9.17) is 4.84 Å². The van der Waals surface area contributed by atoms with Crippen molar-refractivity contribution in [2.75, 3.05) is 13.7 Å². The zero-order chi connectivity index (χ0) is 11.1. The summed E-state index contributed by atoms with van der Waals surface area (Å²) >= 11 is 0. The Morgan fingerprint density at radius 3 is 3.00 bits per heavy atom. The Labute approximate surface area is 89.6 Å². The lowest BCUT2D eigenvalue weighted by Gasteiger charge is -2.03. The maximum Gasteiger partial charge on any atom is 0.216 e. The first-order valence-electron chi connectivity index (χ1n) is 4.92. The molecule has 3 N–H and O–H groups in total. The molecule has 1 amide bonds. The third-order valence-electron chi connectivity index (χ3n) is 1.99. The molecule has 1 aromatic rings. The number of benzene rings is 1. The second-order valence-corrected chi connectivity index (χ2v) is 3.33. The molecule has 0 aromatic heterocycles. The van der Waals surface area contributed by atoms with Gasteiger partial charge >= 0.3 is 0 Å². The van der Waals surface area contributed by atoms with Crippen LogP contribution in [0.4, 0.5) is 5.69 Å². The van der Waals surface area contributed by atoms with Crippen molar-refractivity contribution in [3.63, 3.8) is 0 Å². The van der Waals surface area contributed by atoms with Gasteiger partial charge in [-0.1, -0.05) is 12.1 Å². The van der Waals surface area contributed by atoms with Crippen molar-refractivity contribution in [3.8, 4) is 0 Å². The molecule has 0 aliphatic heterocycles. The van der Waals surface area contributed by atoms with E-state index in [0.29, 0.717) is 6.54 Å². The fourth-order valence-corrected chi connectivity index (χ4v) is 1.34. The molecule has 0 radical (unpaired) electrons. The molecule has 1 rings (SSSR count). The number of quaternary nitrogens is 1. The molecule has 82 valence electrons. The van der Waals surface area contributed by atoms with Gasteiger partial charge in [-0.05, 0) is 12.0 Å². The fourth-order valence-electron chi connectivity index (χ4n) is 1.34. The first-order valence-corrected chi connectivity index (χ1v) is 4.92. The average Bonchev–Trinajstić information content (AvgIpc) is 2.18. The Bertz CT molecular complexity index is 326. The molecule has 0 heterocycles. The number of carbonyl (C=O) groups is 1. The highest BCUT2D eigenvalue weighted by molar-refractivity contribution is 5.72. The fraction of sp³-hybridized carbons (Fsp3) is 0.364. The van der Waals surface area contributed by atoms with Gasteiger partial charge in [0.05, 0.1) is 7.11 Å².